The fraction of sp³-hybridized carbons (Fsp3) is 0.750. The van der Waals surface area contributed by atoms with E-state index in [-0.39, 0.29) is 5.91 Å². The van der Waals surface area contributed by atoms with Gasteiger partial charge in [0.2, 0.25) is 0 Å². The monoisotopic (exact) mass is 287 g/mol. The Bertz CT molecular complexity index is 404. The van der Waals surface area contributed by atoms with Crippen molar-refractivity contribution in [1.29, 1.82) is 0 Å². The quantitative estimate of drug-likeness (QED) is 0.782. The van der Waals surface area contributed by atoms with Crippen LogP contribution >= 0.6 is 23.1 Å². The van der Waals surface area contributed by atoms with E-state index in [0.717, 1.165) is 25.0 Å². The third kappa shape index (κ3) is 2.83. The molecule has 18 heavy (non-hydrogen) atoms. The van der Waals surface area contributed by atoms with E-state index < -0.39 is 0 Å². The van der Waals surface area contributed by atoms with E-state index >= 15 is 0 Å². The summed E-state index contributed by atoms with van der Waals surface area (Å²) < 4.78 is 3.89. The molecule has 1 saturated carbocycles. The summed E-state index contributed by atoms with van der Waals surface area (Å²) in [6.07, 6.45) is 5.35. The topological polar surface area (TPSA) is 46.1 Å². The molecular formula is C12H18ClN3OS. The van der Waals surface area contributed by atoms with E-state index in [1.54, 1.807) is 0 Å². The molecule has 1 aliphatic rings. The lowest BCUT2D eigenvalue weighted by Gasteiger charge is -2.27. The first-order valence-electron chi connectivity index (χ1n) is 6.46. The number of hydrogen-bond acceptors (Lipinski definition) is 4. The molecule has 6 heteroatoms. The molecule has 1 aliphatic carbocycles. The zero-order chi connectivity index (χ0) is 13.0. The van der Waals surface area contributed by atoms with Crippen molar-refractivity contribution in [3.05, 3.63) is 10.6 Å². The van der Waals surface area contributed by atoms with E-state index in [1.165, 1.54) is 24.4 Å². The van der Waals surface area contributed by atoms with Crippen LogP contribution in [-0.4, -0.2) is 38.9 Å². The summed E-state index contributed by atoms with van der Waals surface area (Å²) in [5.41, 5.74) is 0.808. The molecule has 0 aromatic carbocycles. The van der Waals surface area contributed by atoms with Gasteiger partial charge in [0.05, 0.1) is 5.69 Å². The zero-order valence-electron chi connectivity index (χ0n) is 10.6. The predicted octanol–water partition coefficient (Wildman–Crippen LogP) is 2.72. The lowest BCUT2D eigenvalue weighted by atomic mass is 10.2. The Kier molecular flexibility index (Phi) is 4.95. The maximum atomic E-state index is 12.6. The number of carbonyl (C=O) groups is 1. The minimum atomic E-state index is 0.0643. The summed E-state index contributed by atoms with van der Waals surface area (Å²) in [4.78, 5) is 15.2. The molecule has 0 unspecified atom stereocenters. The van der Waals surface area contributed by atoms with Crippen LogP contribution in [0.15, 0.2) is 0 Å². The van der Waals surface area contributed by atoms with Gasteiger partial charge in [0.1, 0.15) is 4.88 Å². The van der Waals surface area contributed by atoms with E-state index in [4.69, 9.17) is 11.6 Å². The maximum Gasteiger partial charge on any atom is 0.267 e. The Labute approximate surface area is 116 Å². The fourth-order valence-electron chi connectivity index (χ4n) is 2.49. The number of alkyl halides is 1. The Balaban J connectivity index is 2.17. The van der Waals surface area contributed by atoms with Crippen LogP contribution in [-0.2, 0) is 6.42 Å². The first-order chi connectivity index (χ1) is 8.77. The van der Waals surface area contributed by atoms with Gasteiger partial charge in [0, 0.05) is 18.5 Å². The number of aryl methyl sites for hydroxylation is 1. The maximum absolute atomic E-state index is 12.6. The highest BCUT2D eigenvalue weighted by Crippen LogP contribution is 2.26. The molecule has 2 rings (SSSR count). The summed E-state index contributed by atoms with van der Waals surface area (Å²) in [5.74, 6) is 0.546. The van der Waals surface area contributed by atoms with Crippen molar-refractivity contribution in [2.75, 3.05) is 12.4 Å². The van der Waals surface area contributed by atoms with Crippen molar-refractivity contribution in [2.45, 2.75) is 45.1 Å². The number of carbonyl (C=O) groups excluding carboxylic acids is 1. The van der Waals surface area contributed by atoms with Crippen LogP contribution in [0.25, 0.3) is 0 Å². The highest BCUT2D eigenvalue weighted by Gasteiger charge is 2.29. The first-order valence-corrected chi connectivity index (χ1v) is 7.76. The van der Waals surface area contributed by atoms with Crippen LogP contribution in [0.5, 0.6) is 0 Å². The van der Waals surface area contributed by atoms with Crippen molar-refractivity contribution in [2.24, 2.45) is 0 Å². The summed E-state index contributed by atoms with van der Waals surface area (Å²) >= 11 is 7.03. The molecule has 0 N–H and O–H groups in total. The van der Waals surface area contributed by atoms with Gasteiger partial charge in [0.15, 0.2) is 0 Å². The highest BCUT2D eigenvalue weighted by atomic mass is 35.5. The third-order valence-corrected chi connectivity index (χ3v) is 4.36. The number of nitrogens with zero attached hydrogens (tertiary/aromatic N) is 3. The van der Waals surface area contributed by atoms with Gasteiger partial charge in [-0.15, -0.1) is 16.7 Å². The molecular weight excluding hydrogens is 270 g/mol. The number of amides is 1. The number of rotatable bonds is 5. The molecule has 0 radical (unpaired) electrons. The smallest absolute Gasteiger partial charge is 0.267 e. The second-order valence-electron chi connectivity index (χ2n) is 4.53. The Morgan fingerprint density at radius 3 is 2.83 bits per heavy atom. The van der Waals surface area contributed by atoms with Gasteiger partial charge in [-0.25, -0.2) is 0 Å². The summed E-state index contributed by atoms with van der Waals surface area (Å²) in [6.45, 7) is 2.61. The molecule has 0 atom stereocenters. The lowest BCUT2D eigenvalue weighted by Crippen LogP contribution is -2.40. The van der Waals surface area contributed by atoms with Crippen molar-refractivity contribution < 1.29 is 4.79 Å². The molecule has 0 bridgehead atoms. The van der Waals surface area contributed by atoms with Gasteiger partial charge in [-0.3, -0.25) is 4.79 Å². The standard InChI is InChI=1S/C12H18ClN3OS/c1-2-10-11(18-15-14-10)12(17)16(8-7-13)9-5-3-4-6-9/h9H,2-8H2,1H3. The van der Waals surface area contributed by atoms with Crippen molar-refractivity contribution in [3.8, 4) is 0 Å². The van der Waals surface area contributed by atoms with E-state index in [2.05, 4.69) is 9.59 Å². The van der Waals surface area contributed by atoms with Crippen LogP contribution in [0.4, 0.5) is 0 Å². The van der Waals surface area contributed by atoms with Gasteiger partial charge in [-0.05, 0) is 30.8 Å². The van der Waals surface area contributed by atoms with Crippen molar-refractivity contribution in [1.82, 2.24) is 14.5 Å². The average molecular weight is 288 g/mol. The van der Waals surface area contributed by atoms with E-state index in [1.807, 2.05) is 11.8 Å². The van der Waals surface area contributed by atoms with Gasteiger partial charge < -0.3 is 4.90 Å². The molecule has 0 aliphatic heterocycles. The van der Waals surface area contributed by atoms with Crippen LogP contribution < -0.4 is 0 Å². The molecule has 1 aromatic heterocycles. The van der Waals surface area contributed by atoms with Crippen LogP contribution in [0, 0.1) is 0 Å². The summed E-state index contributed by atoms with van der Waals surface area (Å²) in [5, 5.41) is 4.01. The summed E-state index contributed by atoms with van der Waals surface area (Å²) in [6, 6.07) is 0.350. The van der Waals surface area contributed by atoms with Crippen molar-refractivity contribution in [3.63, 3.8) is 0 Å². The first kappa shape index (κ1) is 13.7. The second-order valence-corrected chi connectivity index (χ2v) is 5.66. The number of hydrogen-bond donors (Lipinski definition) is 0. The molecule has 1 heterocycles. The third-order valence-electron chi connectivity index (χ3n) is 3.44. The molecule has 100 valence electrons. The normalized spacial score (nSPS) is 16.1. The molecule has 1 amide bonds. The molecule has 0 saturated heterocycles. The fourth-order valence-corrected chi connectivity index (χ4v) is 3.38. The molecule has 1 fully saturated rings. The van der Waals surface area contributed by atoms with Crippen molar-refractivity contribution >= 4 is 29.0 Å². The van der Waals surface area contributed by atoms with Gasteiger partial charge in [0.25, 0.3) is 5.91 Å². The van der Waals surface area contributed by atoms with Crippen LogP contribution in [0.2, 0.25) is 0 Å². The Morgan fingerprint density at radius 2 is 2.22 bits per heavy atom. The second kappa shape index (κ2) is 6.48. The zero-order valence-corrected chi connectivity index (χ0v) is 12.1. The Hall–Kier alpha value is -0.680. The van der Waals surface area contributed by atoms with Crippen LogP contribution in [0.1, 0.15) is 48.0 Å². The average Bonchev–Trinajstić information content (AvgIpc) is 3.05. The van der Waals surface area contributed by atoms with Gasteiger partial charge in [-0.1, -0.05) is 24.3 Å². The summed E-state index contributed by atoms with van der Waals surface area (Å²) in [7, 11) is 0. The number of aromatic nitrogens is 2. The van der Waals surface area contributed by atoms with Gasteiger partial charge >= 0.3 is 0 Å². The van der Waals surface area contributed by atoms with Gasteiger partial charge in [-0.2, -0.15) is 0 Å². The molecule has 0 spiro atoms. The molecule has 4 nitrogen and oxygen atoms in total. The van der Waals surface area contributed by atoms with E-state index in [0.29, 0.717) is 23.3 Å². The van der Waals surface area contributed by atoms with E-state index in [9.17, 15) is 4.79 Å². The predicted molar refractivity (Wildman–Crippen MR) is 73.3 cm³/mol. The number of halogens is 1. The molecule has 1 aromatic rings. The Morgan fingerprint density at radius 1 is 1.50 bits per heavy atom. The lowest BCUT2D eigenvalue weighted by molar-refractivity contribution is 0.0699. The highest BCUT2D eigenvalue weighted by molar-refractivity contribution is 7.08. The van der Waals surface area contributed by atoms with Crippen LogP contribution in [0.3, 0.4) is 0 Å². The minimum absolute atomic E-state index is 0.0643. The SMILES string of the molecule is CCc1nnsc1C(=O)N(CCCl)C1CCCC1. The minimum Gasteiger partial charge on any atom is -0.334 e. The largest absolute Gasteiger partial charge is 0.334 e.